The van der Waals surface area contributed by atoms with Crippen LogP contribution in [0.3, 0.4) is 0 Å². The van der Waals surface area contributed by atoms with Gasteiger partial charge in [0.15, 0.2) is 0 Å². The average Bonchev–Trinajstić information content (AvgIpc) is 3.91. The van der Waals surface area contributed by atoms with Crippen molar-refractivity contribution < 1.29 is 29.8 Å². The summed E-state index contributed by atoms with van der Waals surface area (Å²) in [7, 11) is -13.2. The molecule has 0 aliphatic heterocycles. The minimum atomic E-state index is -10.7. The Hall–Kier alpha value is -1.26. The maximum Gasteiger partial charge on any atom is 0.452 e. The number of aromatic nitrogens is 3. The number of para-hydroxylation sites is 1. The number of hydrogen-bond acceptors (Lipinski definition) is 6. The molecule has 6 aliphatic carbocycles. The molecule has 8 rings (SSSR count). The van der Waals surface area contributed by atoms with Crippen LogP contribution in [0.25, 0.3) is 11.0 Å². The zero-order valence-electron chi connectivity index (χ0n) is 30.0. The second-order valence-electron chi connectivity index (χ2n) is 16.3. The van der Waals surface area contributed by atoms with E-state index >= 15 is 0 Å². The third-order valence-corrected chi connectivity index (χ3v) is 16.7. The predicted octanol–water partition coefficient (Wildman–Crippen LogP) is 12.5. The van der Waals surface area contributed by atoms with Crippen molar-refractivity contribution >= 4 is 26.8 Å². The zero-order chi connectivity index (χ0) is 35.8. The Kier molecular flexibility index (Phi) is 11.0. The maximum absolute atomic E-state index is 10.7. The van der Waals surface area contributed by atoms with Gasteiger partial charge in [0.2, 0.25) is 0 Å². The van der Waals surface area contributed by atoms with Gasteiger partial charge in [-0.3, -0.25) is 0 Å². The van der Waals surface area contributed by atoms with Crippen molar-refractivity contribution in [3.8, 4) is 0 Å². The van der Waals surface area contributed by atoms with Crippen LogP contribution < -0.4 is 4.62 Å². The molecule has 0 unspecified atom stereocenters. The van der Waals surface area contributed by atoms with Gasteiger partial charge >= 0.3 is 40.9 Å². The number of nitrogens with zero attached hydrogens (tertiary/aromatic N) is 6. The Morgan fingerprint density at radius 2 is 0.784 bits per heavy atom. The number of fused-ring (bicyclic) bond motifs is 1. The molecule has 15 heteroatoms. The van der Waals surface area contributed by atoms with Gasteiger partial charge in [0, 0.05) is 0 Å². The summed E-state index contributed by atoms with van der Waals surface area (Å²) < 4.78 is 77.0. The molecule has 6 fully saturated rings. The molecule has 0 atom stereocenters. The van der Waals surface area contributed by atoms with Crippen molar-refractivity contribution in [2.75, 3.05) is 0 Å². The summed E-state index contributed by atoms with van der Waals surface area (Å²) >= 11 is 0. The van der Waals surface area contributed by atoms with Crippen molar-refractivity contribution in [1.29, 1.82) is 0 Å². The van der Waals surface area contributed by atoms with Crippen molar-refractivity contribution in [1.82, 2.24) is 29.2 Å². The molecule has 0 bridgehead atoms. The molecule has 51 heavy (non-hydrogen) atoms. The van der Waals surface area contributed by atoms with Gasteiger partial charge < -0.3 is 0 Å². The summed E-state index contributed by atoms with van der Waals surface area (Å²) in [6.07, 6.45) is 32.6. The van der Waals surface area contributed by atoms with E-state index < -0.39 is 15.8 Å². The van der Waals surface area contributed by atoms with Crippen LogP contribution in [0.15, 0.2) is 24.3 Å². The van der Waals surface area contributed by atoms with Gasteiger partial charge in [0.25, 0.3) is 0 Å². The number of halogens is 6. The van der Waals surface area contributed by atoms with Crippen LogP contribution in [-0.2, 0) is 0 Å². The van der Waals surface area contributed by atoms with Crippen LogP contribution in [0.5, 0.6) is 0 Å². The van der Waals surface area contributed by atoms with E-state index in [1.807, 2.05) is 4.85 Å². The Bertz CT molecular complexity index is 1280. The number of rotatable bonds is 11. The van der Waals surface area contributed by atoms with E-state index in [2.05, 4.69) is 38.3 Å². The molecule has 0 spiro atoms. The van der Waals surface area contributed by atoms with Crippen LogP contribution in [0, 0.1) is 0 Å². The van der Waals surface area contributed by atoms with Crippen molar-refractivity contribution in [3.05, 3.63) is 24.3 Å². The average molecular weight is 767 g/mol. The molecular weight excluding hydrogens is 708 g/mol. The molecule has 0 saturated heterocycles. The number of benzene rings is 1. The largest absolute Gasteiger partial charge is 0.452 e. The molecule has 1 aromatic carbocycles. The predicted molar refractivity (Wildman–Crippen MR) is 194 cm³/mol. The normalized spacial score (nSPS) is 25.5. The van der Waals surface area contributed by atoms with Crippen molar-refractivity contribution in [2.45, 2.75) is 190 Å². The van der Waals surface area contributed by atoms with Gasteiger partial charge in [-0.15, -0.1) is 19.1 Å². The van der Waals surface area contributed by atoms with Gasteiger partial charge in [-0.05, 0) is 99.2 Å². The Morgan fingerprint density at radius 3 is 1.08 bits per heavy atom. The SMILES string of the molecule is F[P-](F)(F)(F)(F)F.c1ccc2c(c1)nnn2O[P+](N(C1CCCC1)C1CCCC1)(N(C1CCCC1)C1CCCC1)N(C1CCCC1)C1CCCC1. The van der Waals surface area contributed by atoms with Crippen LogP contribution in [-0.4, -0.2) is 65.4 Å². The minimum absolute atomic E-state index is 0.622. The van der Waals surface area contributed by atoms with Crippen molar-refractivity contribution in [3.63, 3.8) is 0 Å². The summed E-state index contributed by atoms with van der Waals surface area (Å²) in [6.45, 7) is 0. The fraction of sp³-hybridized carbons (Fsp3) is 0.833. The quantitative estimate of drug-likeness (QED) is 0.168. The van der Waals surface area contributed by atoms with Gasteiger partial charge in [-0.25, -0.2) is 0 Å². The molecule has 6 aliphatic rings. The van der Waals surface area contributed by atoms with Crippen LogP contribution in [0.4, 0.5) is 25.2 Å². The topological polar surface area (TPSA) is 49.7 Å². The van der Waals surface area contributed by atoms with E-state index in [-0.39, 0.29) is 0 Å². The Morgan fingerprint density at radius 1 is 0.510 bits per heavy atom. The van der Waals surface area contributed by atoms with Gasteiger partial charge in [-0.2, -0.15) is 4.62 Å². The second kappa shape index (κ2) is 14.8. The third kappa shape index (κ3) is 9.17. The Balaban J connectivity index is 0.000000529. The maximum atomic E-state index is 9.87. The third-order valence-electron chi connectivity index (χ3n) is 12.6. The van der Waals surface area contributed by atoms with Crippen molar-refractivity contribution in [2.24, 2.45) is 0 Å². The first-order valence-corrected chi connectivity index (χ1v) is 23.7. The first-order chi connectivity index (χ1) is 24.3. The molecule has 0 amide bonds. The summed E-state index contributed by atoms with van der Waals surface area (Å²) in [4.78, 5) is 1.97. The smallest absolute Gasteiger partial charge is 0.183 e. The first kappa shape index (κ1) is 38.0. The molecular formula is C36H58F6N6OP2. The zero-order valence-corrected chi connectivity index (χ0v) is 31.8. The number of hydrogen-bond donors (Lipinski definition) is 0. The molecule has 1 heterocycles. The standard InChI is InChI=1S/C36H58N6OP.F6P/c1-2-16-29(15-1)39(30-17-3-4-18-30)44(43-42-36-28-14-13-27-35(36)37-38-42,40(31-19-5-6-20-31)32-21-7-8-22-32)41(33-23-9-10-24-33)34-25-11-12-26-34;1-7(2,3,4,5)6/h13-14,27-34H,1-12,15-26H2;/q+1;-1. The van der Waals surface area contributed by atoms with E-state index in [0.29, 0.717) is 36.3 Å². The fourth-order valence-electron chi connectivity index (χ4n) is 10.7. The molecule has 0 N–H and O–H groups in total. The summed E-state index contributed by atoms with van der Waals surface area (Å²) in [5.74, 6) is 0. The van der Waals surface area contributed by atoms with Gasteiger partial charge in [0.1, 0.15) is 11.0 Å². The first-order valence-electron chi connectivity index (χ1n) is 20.1. The minimum Gasteiger partial charge on any atom is -0.183 e. The summed E-state index contributed by atoms with van der Waals surface area (Å²) in [5, 5.41) is 9.60. The molecule has 290 valence electrons. The molecule has 7 nitrogen and oxygen atoms in total. The van der Waals surface area contributed by atoms with E-state index in [1.54, 1.807) is 0 Å². The molecule has 2 aromatic rings. The van der Waals surface area contributed by atoms with E-state index in [9.17, 15) is 25.2 Å². The monoisotopic (exact) mass is 766 g/mol. The second-order valence-corrected chi connectivity index (χ2v) is 20.8. The van der Waals surface area contributed by atoms with Crippen LogP contribution >= 0.6 is 15.8 Å². The van der Waals surface area contributed by atoms with Crippen LogP contribution in [0.2, 0.25) is 0 Å². The Labute approximate surface area is 299 Å². The van der Waals surface area contributed by atoms with E-state index in [0.717, 1.165) is 11.0 Å². The molecule has 0 radical (unpaired) electrons. The van der Waals surface area contributed by atoms with E-state index in [4.69, 9.17) is 14.9 Å². The summed E-state index contributed by atoms with van der Waals surface area (Å²) in [5.41, 5.74) is 2.01. The molecule has 1 aromatic heterocycles. The summed E-state index contributed by atoms with van der Waals surface area (Å²) in [6, 6.07) is 12.3. The fourth-order valence-corrected chi connectivity index (χ4v) is 15.9. The van der Waals surface area contributed by atoms with E-state index in [1.165, 1.54) is 154 Å². The van der Waals surface area contributed by atoms with Gasteiger partial charge in [-0.1, -0.05) is 89.2 Å². The van der Waals surface area contributed by atoms with Crippen LogP contribution in [0.1, 0.15) is 154 Å². The van der Waals surface area contributed by atoms with Gasteiger partial charge in [0.05, 0.1) is 36.3 Å². The molecule has 6 saturated carbocycles.